The summed E-state index contributed by atoms with van der Waals surface area (Å²) in [5, 5.41) is 26.8. The van der Waals surface area contributed by atoms with Gasteiger partial charge in [0.15, 0.2) is 0 Å². The summed E-state index contributed by atoms with van der Waals surface area (Å²) in [6.45, 7) is 0.364. The van der Waals surface area contributed by atoms with Gasteiger partial charge in [-0.15, -0.1) is 11.3 Å². The van der Waals surface area contributed by atoms with Gasteiger partial charge in [-0.25, -0.2) is 4.98 Å². The van der Waals surface area contributed by atoms with E-state index in [9.17, 15) is 10.4 Å². The van der Waals surface area contributed by atoms with E-state index >= 15 is 0 Å². The number of hydrogen-bond donors (Lipinski definition) is 1. The first kappa shape index (κ1) is 24.1. The molecule has 1 aromatic carbocycles. The van der Waals surface area contributed by atoms with E-state index in [0.29, 0.717) is 53.1 Å². The second kappa shape index (κ2) is 9.59. The molecule has 0 spiro atoms. The number of nitriles is 1. The van der Waals surface area contributed by atoms with Crippen molar-refractivity contribution in [3.05, 3.63) is 60.7 Å². The van der Waals surface area contributed by atoms with Gasteiger partial charge in [0, 0.05) is 22.6 Å². The van der Waals surface area contributed by atoms with Crippen LogP contribution >= 0.6 is 34.5 Å². The lowest BCUT2D eigenvalue weighted by atomic mass is 9.83. The molecule has 6 nitrogen and oxygen atoms in total. The Labute approximate surface area is 223 Å². The molecule has 3 aliphatic rings. The number of aryl methyl sites for hydroxylation is 1. The SMILES string of the molecule is N#CC1=Cc2sc(C3(O)CCC(OCc4c(-c5c(Cl)cccc5Cl)noc4C4CC4)CC3)nc2CC1. The summed E-state index contributed by atoms with van der Waals surface area (Å²) < 4.78 is 12.1. The fraction of sp³-hybridized carbons (Fsp3) is 0.444. The molecule has 3 aliphatic carbocycles. The number of halogens is 2. The van der Waals surface area contributed by atoms with Gasteiger partial charge in [0.1, 0.15) is 22.1 Å². The largest absolute Gasteiger partial charge is 0.383 e. The van der Waals surface area contributed by atoms with Gasteiger partial charge in [0.2, 0.25) is 0 Å². The number of fused-ring (bicyclic) bond motifs is 1. The highest BCUT2D eigenvalue weighted by atomic mass is 35.5. The van der Waals surface area contributed by atoms with Crippen LogP contribution < -0.4 is 0 Å². The molecular weight excluding hydrogens is 517 g/mol. The molecule has 0 aliphatic heterocycles. The molecule has 1 N–H and O–H groups in total. The maximum atomic E-state index is 11.4. The van der Waals surface area contributed by atoms with E-state index in [1.165, 1.54) is 11.3 Å². The van der Waals surface area contributed by atoms with Gasteiger partial charge in [-0.2, -0.15) is 5.26 Å². The molecular formula is C27H25Cl2N3O3S. The highest BCUT2D eigenvalue weighted by Gasteiger charge is 2.39. The van der Waals surface area contributed by atoms with Crippen LogP contribution in [0.4, 0.5) is 0 Å². The fourth-order valence-corrected chi connectivity index (χ4v) is 6.93. The minimum atomic E-state index is -0.949. The van der Waals surface area contributed by atoms with Crippen molar-refractivity contribution in [1.29, 1.82) is 5.26 Å². The number of rotatable bonds is 6. The number of ether oxygens (including phenoxy) is 1. The Morgan fingerprint density at radius 2 is 1.92 bits per heavy atom. The Hall–Kier alpha value is -2.21. The van der Waals surface area contributed by atoms with Gasteiger partial charge in [-0.05, 0) is 69.6 Å². The van der Waals surface area contributed by atoms with E-state index in [4.69, 9.17) is 37.4 Å². The molecule has 2 heterocycles. The number of thiazole rings is 1. The fourth-order valence-electron chi connectivity index (χ4n) is 5.12. The monoisotopic (exact) mass is 541 g/mol. The Morgan fingerprint density at radius 1 is 1.17 bits per heavy atom. The van der Waals surface area contributed by atoms with Gasteiger partial charge < -0.3 is 14.4 Å². The van der Waals surface area contributed by atoms with Crippen molar-refractivity contribution in [2.75, 3.05) is 0 Å². The second-order valence-electron chi connectivity index (χ2n) is 9.90. The Balaban J connectivity index is 1.16. The third kappa shape index (κ3) is 4.51. The number of aromatic nitrogens is 2. The summed E-state index contributed by atoms with van der Waals surface area (Å²) in [5.41, 5.74) is 3.06. The number of allylic oxidation sites excluding steroid dienone is 1. The first-order chi connectivity index (χ1) is 17.4. The van der Waals surface area contributed by atoms with Crippen LogP contribution in [0.3, 0.4) is 0 Å². The van der Waals surface area contributed by atoms with Gasteiger partial charge in [0.25, 0.3) is 0 Å². The van der Waals surface area contributed by atoms with Gasteiger partial charge in [0.05, 0.1) is 39.4 Å². The number of benzene rings is 1. The van der Waals surface area contributed by atoms with Crippen LogP contribution in [0.2, 0.25) is 10.0 Å². The highest BCUT2D eigenvalue weighted by Crippen LogP contribution is 2.47. The normalized spacial score (nSPS) is 23.7. The number of nitrogens with zero attached hydrogens (tertiary/aromatic N) is 3. The molecule has 6 rings (SSSR count). The third-order valence-corrected chi connectivity index (χ3v) is 9.26. The molecule has 2 saturated carbocycles. The molecule has 0 amide bonds. The highest BCUT2D eigenvalue weighted by molar-refractivity contribution is 7.12. The smallest absolute Gasteiger partial charge is 0.145 e. The second-order valence-corrected chi connectivity index (χ2v) is 11.7. The van der Waals surface area contributed by atoms with E-state index in [2.05, 4.69) is 11.2 Å². The molecule has 36 heavy (non-hydrogen) atoms. The molecule has 186 valence electrons. The summed E-state index contributed by atoms with van der Waals surface area (Å²) >= 11 is 14.5. The van der Waals surface area contributed by atoms with Crippen LogP contribution in [-0.4, -0.2) is 21.4 Å². The third-order valence-electron chi connectivity index (χ3n) is 7.40. The topological polar surface area (TPSA) is 92.2 Å². The average Bonchev–Trinajstić information content (AvgIpc) is 3.49. The molecule has 2 fully saturated rings. The molecule has 0 bridgehead atoms. The van der Waals surface area contributed by atoms with Crippen molar-refractivity contribution in [2.45, 2.75) is 75.6 Å². The maximum absolute atomic E-state index is 11.4. The van der Waals surface area contributed by atoms with E-state index < -0.39 is 5.60 Å². The Bertz CT molecular complexity index is 1360. The van der Waals surface area contributed by atoms with E-state index in [1.807, 2.05) is 12.1 Å². The van der Waals surface area contributed by atoms with Crippen molar-refractivity contribution in [2.24, 2.45) is 0 Å². The van der Waals surface area contributed by atoms with Crippen LogP contribution in [0.25, 0.3) is 17.3 Å². The minimum absolute atomic E-state index is 0.0152. The van der Waals surface area contributed by atoms with Crippen molar-refractivity contribution < 1.29 is 14.4 Å². The number of hydrogen-bond acceptors (Lipinski definition) is 7. The Kier molecular flexibility index (Phi) is 6.43. The van der Waals surface area contributed by atoms with E-state index in [1.54, 1.807) is 12.1 Å². The van der Waals surface area contributed by atoms with Crippen LogP contribution in [0, 0.1) is 11.3 Å². The molecule has 2 aromatic heterocycles. The molecule has 0 unspecified atom stereocenters. The van der Waals surface area contributed by atoms with Crippen molar-refractivity contribution >= 4 is 40.6 Å². The quantitative estimate of drug-likeness (QED) is 0.355. The summed E-state index contributed by atoms with van der Waals surface area (Å²) in [6.07, 6.45) is 8.19. The standard InChI is InChI=1S/C27H25Cl2N3O3S/c28-19-2-1-3-20(29)23(19)24-18(25(35-32-24)16-5-6-16)14-34-17-8-10-27(33,11-9-17)26-31-21-7-4-15(13-30)12-22(21)36-26/h1-3,12,16-17,33H,4-11,14H2. The predicted molar refractivity (Wildman–Crippen MR) is 139 cm³/mol. The lowest BCUT2D eigenvalue weighted by Crippen LogP contribution is -2.34. The van der Waals surface area contributed by atoms with E-state index in [-0.39, 0.29) is 6.10 Å². The average molecular weight is 542 g/mol. The lowest BCUT2D eigenvalue weighted by molar-refractivity contribution is -0.0642. The predicted octanol–water partition coefficient (Wildman–Crippen LogP) is 7.18. The van der Waals surface area contributed by atoms with Gasteiger partial charge >= 0.3 is 0 Å². The van der Waals surface area contributed by atoms with Crippen molar-refractivity contribution in [3.8, 4) is 17.3 Å². The van der Waals surface area contributed by atoms with Crippen LogP contribution in [0.15, 0.2) is 28.3 Å². The summed E-state index contributed by atoms with van der Waals surface area (Å²) in [4.78, 5) is 5.76. The molecule has 9 heteroatoms. The summed E-state index contributed by atoms with van der Waals surface area (Å²) in [6, 6.07) is 7.66. The zero-order valence-corrected chi connectivity index (χ0v) is 21.9. The van der Waals surface area contributed by atoms with Gasteiger partial charge in [-0.1, -0.05) is 34.4 Å². The first-order valence-corrected chi connectivity index (χ1v) is 13.9. The molecule has 0 atom stereocenters. The Morgan fingerprint density at radius 3 is 2.61 bits per heavy atom. The summed E-state index contributed by atoms with van der Waals surface area (Å²) in [7, 11) is 0. The van der Waals surface area contributed by atoms with Crippen LogP contribution in [0.1, 0.15) is 77.8 Å². The van der Waals surface area contributed by atoms with Crippen molar-refractivity contribution in [3.63, 3.8) is 0 Å². The summed E-state index contributed by atoms with van der Waals surface area (Å²) in [5.74, 6) is 1.24. The number of aliphatic hydroxyl groups is 1. The lowest BCUT2D eigenvalue weighted by Gasteiger charge is -2.34. The van der Waals surface area contributed by atoms with Crippen LogP contribution in [0.5, 0.6) is 0 Å². The molecule has 0 saturated heterocycles. The van der Waals surface area contributed by atoms with Crippen molar-refractivity contribution in [1.82, 2.24) is 10.1 Å². The van der Waals surface area contributed by atoms with E-state index in [0.717, 1.165) is 64.6 Å². The van der Waals surface area contributed by atoms with Crippen LogP contribution in [-0.2, 0) is 23.4 Å². The molecule has 3 aromatic rings. The zero-order chi connectivity index (χ0) is 24.9. The molecule has 0 radical (unpaired) electrons. The maximum Gasteiger partial charge on any atom is 0.145 e. The zero-order valence-electron chi connectivity index (χ0n) is 19.6. The first-order valence-electron chi connectivity index (χ1n) is 12.3. The van der Waals surface area contributed by atoms with Gasteiger partial charge in [-0.3, -0.25) is 0 Å². The minimum Gasteiger partial charge on any atom is -0.383 e.